The number of hydrogen-bond acceptors (Lipinski definition) is 2. The third kappa shape index (κ3) is 6.96. The minimum Gasteiger partial charge on any atom is -0.352 e. The first-order valence-corrected chi connectivity index (χ1v) is 7.40. The standard InChI is InChI=1S/C17H28N2O.ClH/c1-13(2)10-15(12-18)19-16(20)11-17(3,4)14-8-6-5-7-9-14;/h5-9,13,15H,10-12,18H2,1-4H3,(H,19,20);1H. The van der Waals surface area contributed by atoms with E-state index in [-0.39, 0.29) is 29.8 Å². The van der Waals surface area contributed by atoms with Crippen molar-refractivity contribution in [3.05, 3.63) is 35.9 Å². The van der Waals surface area contributed by atoms with Crippen molar-refractivity contribution in [1.82, 2.24) is 5.32 Å². The van der Waals surface area contributed by atoms with Crippen molar-refractivity contribution < 1.29 is 4.79 Å². The highest BCUT2D eigenvalue weighted by molar-refractivity contribution is 5.85. The Bertz CT molecular complexity index is 418. The van der Waals surface area contributed by atoms with E-state index in [1.54, 1.807) is 0 Å². The molecule has 120 valence electrons. The van der Waals surface area contributed by atoms with Gasteiger partial charge in [0.15, 0.2) is 0 Å². The summed E-state index contributed by atoms with van der Waals surface area (Å²) in [6.45, 7) is 8.98. The molecule has 0 aliphatic carbocycles. The minimum absolute atomic E-state index is 0. The lowest BCUT2D eigenvalue weighted by atomic mass is 9.81. The first-order chi connectivity index (χ1) is 9.35. The molecular formula is C17H29ClN2O. The van der Waals surface area contributed by atoms with Crippen LogP contribution in [0.15, 0.2) is 30.3 Å². The van der Waals surface area contributed by atoms with E-state index in [0.29, 0.717) is 18.9 Å². The summed E-state index contributed by atoms with van der Waals surface area (Å²) in [4.78, 5) is 12.2. The molecule has 1 atom stereocenters. The second-order valence-corrected chi connectivity index (χ2v) is 6.56. The molecule has 0 heterocycles. The highest BCUT2D eigenvalue weighted by Gasteiger charge is 2.25. The Morgan fingerprint density at radius 1 is 1.24 bits per heavy atom. The van der Waals surface area contributed by atoms with Gasteiger partial charge in [0.2, 0.25) is 5.91 Å². The molecule has 4 heteroatoms. The highest BCUT2D eigenvalue weighted by Crippen LogP contribution is 2.26. The van der Waals surface area contributed by atoms with Crippen molar-refractivity contribution in [2.24, 2.45) is 11.7 Å². The number of nitrogens with two attached hydrogens (primary N) is 1. The van der Waals surface area contributed by atoms with Crippen LogP contribution in [-0.2, 0) is 10.2 Å². The van der Waals surface area contributed by atoms with Crippen LogP contribution in [-0.4, -0.2) is 18.5 Å². The maximum atomic E-state index is 12.2. The van der Waals surface area contributed by atoms with Gasteiger partial charge in [0.25, 0.3) is 0 Å². The summed E-state index contributed by atoms with van der Waals surface area (Å²) in [5.74, 6) is 0.612. The van der Waals surface area contributed by atoms with E-state index in [2.05, 4.69) is 45.1 Å². The Balaban J connectivity index is 0.00000400. The van der Waals surface area contributed by atoms with Crippen molar-refractivity contribution in [3.63, 3.8) is 0 Å². The van der Waals surface area contributed by atoms with E-state index in [9.17, 15) is 4.79 Å². The number of rotatable bonds is 7. The van der Waals surface area contributed by atoms with Crippen molar-refractivity contribution >= 4 is 18.3 Å². The maximum Gasteiger partial charge on any atom is 0.221 e. The smallest absolute Gasteiger partial charge is 0.221 e. The maximum absolute atomic E-state index is 12.2. The van der Waals surface area contributed by atoms with Gasteiger partial charge in [0, 0.05) is 19.0 Å². The molecule has 21 heavy (non-hydrogen) atoms. The molecular weight excluding hydrogens is 284 g/mol. The summed E-state index contributed by atoms with van der Waals surface area (Å²) in [6.07, 6.45) is 1.40. The van der Waals surface area contributed by atoms with Gasteiger partial charge in [-0.1, -0.05) is 58.0 Å². The zero-order valence-corrected chi connectivity index (χ0v) is 14.4. The second-order valence-electron chi connectivity index (χ2n) is 6.56. The SMILES string of the molecule is CC(C)CC(CN)NC(=O)CC(C)(C)c1ccccc1.Cl. The largest absolute Gasteiger partial charge is 0.352 e. The van der Waals surface area contributed by atoms with Gasteiger partial charge in [-0.2, -0.15) is 0 Å². The van der Waals surface area contributed by atoms with Gasteiger partial charge in [-0.15, -0.1) is 12.4 Å². The fourth-order valence-electron chi connectivity index (χ4n) is 2.45. The van der Waals surface area contributed by atoms with Crippen LogP contribution in [0.3, 0.4) is 0 Å². The van der Waals surface area contributed by atoms with E-state index >= 15 is 0 Å². The van der Waals surface area contributed by atoms with Crippen LogP contribution in [0.4, 0.5) is 0 Å². The first kappa shape index (κ1) is 19.9. The molecule has 0 aromatic heterocycles. The number of hydrogen-bond donors (Lipinski definition) is 2. The zero-order valence-electron chi connectivity index (χ0n) is 13.6. The summed E-state index contributed by atoms with van der Waals surface area (Å²) in [5, 5.41) is 3.06. The number of carbonyl (C=O) groups is 1. The van der Waals surface area contributed by atoms with Gasteiger partial charge >= 0.3 is 0 Å². The summed E-state index contributed by atoms with van der Waals surface area (Å²) in [5.41, 5.74) is 6.75. The summed E-state index contributed by atoms with van der Waals surface area (Å²) in [7, 11) is 0. The quantitative estimate of drug-likeness (QED) is 0.812. The third-order valence-electron chi connectivity index (χ3n) is 3.56. The van der Waals surface area contributed by atoms with Crippen molar-refractivity contribution in [3.8, 4) is 0 Å². The van der Waals surface area contributed by atoms with E-state index < -0.39 is 0 Å². The Morgan fingerprint density at radius 2 is 1.81 bits per heavy atom. The topological polar surface area (TPSA) is 55.1 Å². The van der Waals surface area contributed by atoms with Crippen LogP contribution >= 0.6 is 12.4 Å². The summed E-state index contributed by atoms with van der Waals surface area (Å²) >= 11 is 0. The monoisotopic (exact) mass is 312 g/mol. The molecule has 0 radical (unpaired) electrons. The molecule has 3 nitrogen and oxygen atoms in total. The average Bonchev–Trinajstić information content (AvgIpc) is 2.37. The molecule has 1 unspecified atom stereocenters. The molecule has 1 aromatic carbocycles. The lowest BCUT2D eigenvalue weighted by Gasteiger charge is -2.26. The lowest BCUT2D eigenvalue weighted by Crippen LogP contribution is -2.42. The molecule has 0 aliphatic heterocycles. The van der Waals surface area contributed by atoms with Crippen LogP contribution in [0.1, 0.15) is 46.1 Å². The average molecular weight is 313 g/mol. The molecule has 1 aromatic rings. The normalized spacial score (nSPS) is 12.7. The Kier molecular flexibility index (Phi) is 8.60. The number of halogens is 1. The summed E-state index contributed by atoms with van der Waals surface area (Å²) in [6, 6.07) is 10.2. The van der Waals surface area contributed by atoms with Gasteiger partial charge in [0.05, 0.1) is 0 Å². The molecule has 1 amide bonds. The van der Waals surface area contributed by atoms with Crippen molar-refractivity contribution in [2.75, 3.05) is 6.54 Å². The second kappa shape index (κ2) is 9.06. The highest BCUT2D eigenvalue weighted by atomic mass is 35.5. The van der Waals surface area contributed by atoms with E-state index in [1.807, 2.05) is 18.2 Å². The van der Waals surface area contributed by atoms with E-state index in [1.165, 1.54) is 5.56 Å². The number of carbonyl (C=O) groups excluding carboxylic acids is 1. The fourth-order valence-corrected chi connectivity index (χ4v) is 2.45. The minimum atomic E-state index is -0.164. The Labute approximate surface area is 135 Å². The van der Waals surface area contributed by atoms with E-state index in [0.717, 1.165) is 6.42 Å². The van der Waals surface area contributed by atoms with Gasteiger partial charge in [-0.25, -0.2) is 0 Å². The zero-order chi connectivity index (χ0) is 15.2. The van der Waals surface area contributed by atoms with Crippen LogP contribution in [0.2, 0.25) is 0 Å². The van der Waals surface area contributed by atoms with Crippen molar-refractivity contribution in [1.29, 1.82) is 0 Å². The molecule has 1 rings (SSSR count). The van der Waals surface area contributed by atoms with Crippen molar-refractivity contribution in [2.45, 2.75) is 52.0 Å². The van der Waals surface area contributed by atoms with E-state index in [4.69, 9.17) is 5.73 Å². The van der Waals surface area contributed by atoms with Gasteiger partial charge in [0.1, 0.15) is 0 Å². The fraction of sp³-hybridized carbons (Fsp3) is 0.588. The molecule has 0 bridgehead atoms. The van der Waals surface area contributed by atoms with Gasteiger partial charge in [-0.3, -0.25) is 4.79 Å². The number of benzene rings is 1. The van der Waals surface area contributed by atoms with Gasteiger partial charge < -0.3 is 11.1 Å². The predicted octanol–water partition coefficient (Wildman–Crippen LogP) is 3.27. The van der Waals surface area contributed by atoms with Crippen LogP contribution in [0.5, 0.6) is 0 Å². The lowest BCUT2D eigenvalue weighted by molar-refractivity contribution is -0.122. The first-order valence-electron chi connectivity index (χ1n) is 7.40. The molecule has 0 aliphatic rings. The summed E-state index contributed by atoms with van der Waals surface area (Å²) < 4.78 is 0. The molecule has 0 saturated carbocycles. The Hall–Kier alpha value is -1.06. The van der Waals surface area contributed by atoms with Crippen LogP contribution < -0.4 is 11.1 Å². The molecule has 0 saturated heterocycles. The third-order valence-corrected chi connectivity index (χ3v) is 3.56. The molecule has 0 fully saturated rings. The van der Waals surface area contributed by atoms with Crippen LogP contribution in [0, 0.1) is 5.92 Å². The predicted molar refractivity (Wildman–Crippen MR) is 91.8 cm³/mol. The number of amides is 1. The Morgan fingerprint density at radius 3 is 2.29 bits per heavy atom. The molecule has 0 spiro atoms. The van der Waals surface area contributed by atoms with Gasteiger partial charge in [-0.05, 0) is 23.3 Å². The van der Waals surface area contributed by atoms with Crippen LogP contribution in [0.25, 0.3) is 0 Å². The molecule has 3 N–H and O–H groups in total. The number of nitrogens with one attached hydrogen (secondary N) is 1.